The van der Waals surface area contributed by atoms with E-state index in [1.807, 2.05) is 23.5 Å². The Balaban J connectivity index is 1.30. The van der Waals surface area contributed by atoms with Crippen LogP contribution in [0.25, 0.3) is 0 Å². The van der Waals surface area contributed by atoms with Crippen molar-refractivity contribution in [1.29, 1.82) is 0 Å². The Labute approximate surface area is 197 Å². The molecule has 4 heteroatoms. The summed E-state index contributed by atoms with van der Waals surface area (Å²) < 4.78 is 0.410. The van der Waals surface area contributed by atoms with Gasteiger partial charge in [-0.2, -0.15) is 5.10 Å². The van der Waals surface area contributed by atoms with E-state index in [2.05, 4.69) is 114 Å². The second-order valence-corrected chi connectivity index (χ2v) is 10.6. The average molecular weight is 451 g/mol. The summed E-state index contributed by atoms with van der Waals surface area (Å²) in [5, 5.41) is 7.29. The quantitative estimate of drug-likeness (QED) is 0.314. The monoisotopic (exact) mass is 450 g/mol. The van der Waals surface area contributed by atoms with Crippen LogP contribution < -0.4 is 5.01 Å². The second kappa shape index (κ2) is 8.53. The molecule has 0 N–H and O–H groups in total. The van der Waals surface area contributed by atoms with Crippen LogP contribution >= 0.6 is 23.5 Å². The van der Waals surface area contributed by atoms with Crippen molar-refractivity contribution in [2.75, 3.05) is 5.01 Å². The van der Waals surface area contributed by atoms with E-state index in [4.69, 9.17) is 5.10 Å². The van der Waals surface area contributed by atoms with E-state index in [9.17, 15) is 0 Å². The summed E-state index contributed by atoms with van der Waals surface area (Å²) in [4.78, 5) is 2.76. The van der Waals surface area contributed by atoms with Crippen LogP contribution in [0.4, 0.5) is 5.69 Å². The molecule has 0 amide bonds. The zero-order valence-electron chi connectivity index (χ0n) is 17.5. The van der Waals surface area contributed by atoms with E-state index in [-0.39, 0.29) is 6.04 Å². The van der Waals surface area contributed by atoms with Crippen molar-refractivity contribution in [1.82, 2.24) is 0 Å². The third kappa shape index (κ3) is 3.74. The van der Waals surface area contributed by atoms with E-state index in [1.165, 1.54) is 26.5 Å². The number of hydrogen-bond donors (Lipinski definition) is 0. The molecular formula is C28H22N2S2. The van der Waals surface area contributed by atoms with Gasteiger partial charge in [0.05, 0.1) is 22.0 Å². The van der Waals surface area contributed by atoms with Gasteiger partial charge in [-0.15, -0.1) is 23.5 Å². The Morgan fingerprint density at radius 1 is 0.625 bits per heavy atom. The number of thioether (sulfide) groups is 2. The average Bonchev–Trinajstić information content (AvgIpc) is 3.50. The normalized spacial score (nSPS) is 17.9. The molecule has 1 atom stereocenters. The lowest BCUT2D eigenvalue weighted by molar-refractivity contribution is 0.709. The molecule has 32 heavy (non-hydrogen) atoms. The molecule has 0 saturated carbocycles. The SMILES string of the molecule is c1ccc(C2=NN(c3ccc(C4Sc5ccccc5S4)cc3)[C@H](c3ccccc3)C2)cc1. The summed E-state index contributed by atoms with van der Waals surface area (Å²) in [6.45, 7) is 0. The molecule has 0 unspecified atom stereocenters. The largest absolute Gasteiger partial charge is 0.257 e. The van der Waals surface area contributed by atoms with E-state index < -0.39 is 0 Å². The van der Waals surface area contributed by atoms with Gasteiger partial charge in [0.15, 0.2) is 0 Å². The zero-order valence-corrected chi connectivity index (χ0v) is 19.1. The third-order valence-electron chi connectivity index (χ3n) is 5.95. The van der Waals surface area contributed by atoms with Crippen molar-refractivity contribution >= 4 is 34.9 Å². The fourth-order valence-corrected chi connectivity index (χ4v) is 7.14. The first-order valence-corrected chi connectivity index (χ1v) is 12.6. The molecule has 2 nitrogen and oxygen atoms in total. The van der Waals surface area contributed by atoms with Gasteiger partial charge >= 0.3 is 0 Å². The lowest BCUT2D eigenvalue weighted by Gasteiger charge is -2.24. The van der Waals surface area contributed by atoms with Crippen LogP contribution in [0.15, 0.2) is 124 Å². The Morgan fingerprint density at radius 2 is 1.22 bits per heavy atom. The fourth-order valence-electron chi connectivity index (χ4n) is 4.31. The Bertz CT molecular complexity index is 1230. The van der Waals surface area contributed by atoms with Crippen LogP contribution in [-0.2, 0) is 0 Å². The van der Waals surface area contributed by atoms with Crippen LogP contribution in [0.1, 0.15) is 33.7 Å². The molecule has 4 aromatic carbocycles. The number of anilines is 1. The molecule has 4 aromatic rings. The maximum absolute atomic E-state index is 5.09. The first-order chi connectivity index (χ1) is 15.8. The highest BCUT2D eigenvalue weighted by molar-refractivity contribution is 8.18. The van der Waals surface area contributed by atoms with E-state index >= 15 is 0 Å². The van der Waals surface area contributed by atoms with Gasteiger partial charge in [-0.1, -0.05) is 84.9 Å². The number of hydrazone groups is 1. The van der Waals surface area contributed by atoms with Crippen molar-refractivity contribution in [3.63, 3.8) is 0 Å². The van der Waals surface area contributed by atoms with Gasteiger partial charge in [0, 0.05) is 16.2 Å². The van der Waals surface area contributed by atoms with Crippen LogP contribution in [0.5, 0.6) is 0 Å². The smallest absolute Gasteiger partial charge is 0.0846 e. The van der Waals surface area contributed by atoms with Crippen LogP contribution in [0, 0.1) is 0 Å². The number of hydrogen-bond acceptors (Lipinski definition) is 4. The maximum atomic E-state index is 5.09. The summed E-state index contributed by atoms with van der Waals surface area (Å²) in [5.41, 5.74) is 6.12. The third-order valence-corrected chi connectivity index (χ3v) is 8.85. The summed E-state index contributed by atoms with van der Waals surface area (Å²) in [6.07, 6.45) is 0.902. The van der Waals surface area contributed by atoms with Crippen LogP contribution in [0.3, 0.4) is 0 Å². The van der Waals surface area contributed by atoms with Crippen molar-refractivity contribution in [3.8, 4) is 0 Å². The molecule has 0 spiro atoms. The molecule has 0 saturated heterocycles. The van der Waals surface area contributed by atoms with Gasteiger partial charge in [-0.25, -0.2) is 0 Å². The minimum atomic E-state index is 0.205. The lowest BCUT2D eigenvalue weighted by Crippen LogP contribution is -2.18. The molecular weight excluding hydrogens is 428 g/mol. The minimum absolute atomic E-state index is 0.205. The lowest BCUT2D eigenvalue weighted by atomic mass is 9.98. The Kier molecular flexibility index (Phi) is 5.26. The van der Waals surface area contributed by atoms with Gasteiger partial charge in [0.25, 0.3) is 0 Å². The second-order valence-electron chi connectivity index (χ2n) is 7.99. The number of benzene rings is 4. The Hall–Kier alpha value is -2.95. The molecule has 0 radical (unpaired) electrons. The summed E-state index contributed by atoms with van der Waals surface area (Å²) >= 11 is 3.89. The van der Waals surface area contributed by atoms with Crippen molar-refractivity contribution in [3.05, 3.63) is 126 Å². The standard InChI is InChI=1S/C28H22N2S2/c1-3-9-20(10-4-1)24-19-25(21-11-5-2-6-12-21)30(29-24)23-17-15-22(16-18-23)28-31-26-13-7-8-14-27(26)32-28/h1-18,25,28H,19H2/t25-/m0/s1. The minimum Gasteiger partial charge on any atom is -0.257 e. The molecule has 2 aliphatic rings. The first-order valence-electron chi connectivity index (χ1n) is 10.8. The highest BCUT2D eigenvalue weighted by Gasteiger charge is 2.30. The topological polar surface area (TPSA) is 15.6 Å². The number of nitrogens with zero attached hydrogens (tertiary/aromatic N) is 2. The van der Waals surface area contributed by atoms with Crippen molar-refractivity contribution < 1.29 is 0 Å². The molecule has 2 heterocycles. The molecule has 2 aliphatic heterocycles. The number of fused-ring (bicyclic) bond motifs is 1. The fraction of sp³-hybridized carbons (Fsp3) is 0.107. The van der Waals surface area contributed by atoms with E-state index in [1.54, 1.807) is 0 Å². The summed E-state index contributed by atoms with van der Waals surface area (Å²) in [5.74, 6) is 0. The van der Waals surface area contributed by atoms with E-state index in [0.717, 1.165) is 17.8 Å². The predicted molar refractivity (Wildman–Crippen MR) is 137 cm³/mol. The number of rotatable bonds is 4. The first kappa shape index (κ1) is 19.7. The van der Waals surface area contributed by atoms with Crippen molar-refractivity contribution in [2.24, 2.45) is 5.10 Å². The van der Waals surface area contributed by atoms with Crippen molar-refractivity contribution in [2.45, 2.75) is 26.8 Å². The van der Waals surface area contributed by atoms with Crippen LogP contribution in [0.2, 0.25) is 0 Å². The van der Waals surface area contributed by atoms with Gasteiger partial charge in [0.2, 0.25) is 0 Å². The van der Waals surface area contributed by atoms with Gasteiger partial charge in [0.1, 0.15) is 0 Å². The maximum Gasteiger partial charge on any atom is 0.0846 e. The van der Waals surface area contributed by atoms with Gasteiger partial charge in [-0.05, 0) is 41.0 Å². The summed E-state index contributed by atoms with van der Waals surface area (Å²) in [7, 11) is 0. The molecule has 6 rings (SSSR count). The highest BCUT2D eigenvalue weighted by Crippen LogP contribution is 2.56. The zero-order chi connectivity index (χ0) is 21.3. The molecule has 0 fully saturated rings. The molecule has 0 aromatic heterocycles. The van der Waals surface area contributed by atoms with Gasteiger partial charge < -0.3 is 0 Å². The Morgan fingerprint density at radius 3 is 1.88 bits per heavy atom. The van der Waals surface area contributed by atoms with Gasteiger partial charge in [-0.3, -0.25) is 5.01 Å². The molecule has 156 valence electrons. The highest BCUT2D eigenvalue weighted by atomic mass is 32.2. The predicted octanol–water partition coefficient (Wildman–Crippen LogP) is 7.94. The summed E-state index contributed by atoms with van der Waals surface area (Å²) in [6, 6.07) is 39.1. The van der Waals surface area contributed by atoms with Crippen LogP contribution in [-0.4, -0.2) is 5.71 Å². The van der Waals surface area contributed by atoms with E-state index in [0.29, 0.717) is 4.58 Å². The molecule has 0 bridgehead atoms. The molecule has 0 aliphatic carbocycles.